The Hall–Kier alpha value is -0.610. The average Bonchev–Trinajstić information content (AvgIpc) is 1.67. The van der Waals surface area contributed by atoms with Crippen LogP contribution in [0.3, 0.4) is 0 Å². The summed E-state index contributed by atoms with van der Waals surface area (Å²) < 4.78 is 4.41. The van der Waals surface area contributed by atoms with E-state index in [2.05, 4.69) is 4.74 Å². The summed E-state index contributed by atoms with van der Waals surface area (Å²) in [5.74, 6) is -0.451. The lowest BCUT2D eigenvalue weighted by molar-refractivity contribution is -0.163. The molecule has 0 fully saturated rings. The van der Waals surface area contributed by atoms with E-state index in [0.717, 1.165) is 0 Å². The molecule has 0 spiro atoms. The van der Waals surface area contributed by atoms with E-state index >= 15 is 0 Å². The van der Waals surface area contributed by atoms with Gasteiger partial charge in [0.2, 0.25) is 0 Å². The van der Waals surface area contributed by atoms with Gasteiger partial charge in [-0.05, 0) is 0 Å². The van der Waals surface area contributed by atoms with Gasteiger partial charge in [-0.15, -0.1) is 0 Å². The van der Waals surface area contributed by atoms with Gasteiger partial charge in [0.1, 0.15) is 6.61 Å². The highest BCUT2D eigenvalue weighted by atomic mass is 16.5. The normalized spacial score (nSPS) is 8.88. The van der Waals surface area contributed by atoms with E-state index in [9.17, 15) is 4.79 Å². The quantitative estimate of drug-likeness (QED) is 0.393. The molecule has 4 heteroatoms. The number of carbonyl (C=O) groups excluding carboxylic acids is 1. The third-order valence-corrected chi connectivity index (χ3v) is 0.629. The summed E-state index contributed by atoms with van der Waals surface area (Å²) >= 11 is 0. The van der Waals surface area contributed by atoms with Gasteiger partial charge in [-0.2, -0.15) is 0 Å². The molecule has 0 atom stereocenters. The molecule has 0 saturated heterocycles. The number of likely N-dealkylation sites (N-methyl/N-ethyl adjacent to an activating group) is 1. The number of carbonyl (C=O) groups is 1. The average molecular weight is 119 g/mol. The molecule has 0 aliphatic rings. The fourth-order valence-electron chi connectivity index (χ4n) is 0.217. The molecule has 0 aliphatic heterocycles. The van der Waals surface area contributed by atoms with Crippen LogP contribution < -0.4 is 0 Å². The van der Waals surface area contributed by atoms with Crippen molar-refractivity contribution in [2.75, 3.05) is 20.8 Å². The number of amides is 1. The first-order valence-electron chi connectivity index (χ1n) is 2.13. The molecule has 0 aromatic heterocycles. The molecular formula is C4H9NO3. The van der Waals surface area contributed by atoms with E-state index in [1.807, 2.05) is 0 Å². The van der Waals surface area contributed by atoms with Crippen molar-refractivity contribution in [3.05, 3.63) is 0 Å². The van der Waals surface area contributed by atoms with E-state index in [-0.39, 0.29) is 6.61 Å². The van der Waals surface area contributed by atoms with Crippen molar-refractivity contribution in [2.45, 2.75) is 0 Å². The van der Waals surface area contributed by atoms with Crippen LogP contribution in [0, 0.1) is 0 Å². The molecular weight excluding hydrogens is 110 g/mol. The fourth-order valence-corrected chi connectivity index (χ4v) is 0.217. The first kappa shape index (κ1) is 7.39. The van der Waals surface area contributed by atoms with Crippen LogP contribution in [0.5, 0.6) is 0 Å². The fraction of sp³-hybridized carbons (Fsp3) is 0.750. The number of hydroxylamine groups is 2. The van der Waals surface area contributed by atoms with Crippen LogP contribution in [0.1, 0.15) is 0 Å². The summed E-state index contributed by atoms with van der Waals surface area (Å²) in [6.45, 7) is -0.0764. The van der Waals surface area contributed by atoms with Gasteiger partial charge >= 0.3 is 0 Å². The van der Waals surface area contributed by atoms with E-state index in [1.54, 1.807) is 0 Å². The van der Waals surface area contributed by atoms with E-state index in [1.165, 1.54) is 14.2 Å². The van der Waals surface area contributed by atoms with Crippen LogP contribution >= 0.6 is 0 Å². The second-order valence-electron chi connectivity index (χ2n) is 1.35. The second-order valence-corrected chi connectivity index (χ2v) is 1.35. The van der Waals surface area contributed by atoms with Gasteiger partial charge in [-0.25, -0.2) is 5.06 Å². The number of rotatable bonds is 2. The smallest absolute Gasteiger partial charge is 0.271 e. The lowest BCUT2D eigenvalue weighted by Crippen LogP contribution is -2.26. The minimum atomic E-state index is -0.451. The third-order valence-electron chi connectivity index (χ3n) is 0.629. The molecule has 0 aliphatic carbocycles. The lowest BCUT2D eigenvalue weighted by atomic mass is 10.6. The third kappa shape index (κ3) is 2.54. The molecule has 48 valence electrons. The van der Waals surface area contributed by atoms with Gasteiger partial charge < -0.3 is 4.74 Å². The molecule has 4 nitrogen and oxygen atoms in total. The maximum absolute atomic E-state index is 10.3. The molecule has 1 N–H and O–H groups in total. The Morgan fingerprint density at radius 1 is 1.88 bits per heavy atom. The van der Waals surface area contributed by atoms with Crippen molar-refractivity contribution in [2.24, 2.45) is 0 Å². The van der Waals surface area contributed by atoms with Crippen LogP contribution in [-0.2, 0) is 9.53 Å². The number of hydrogen-bond donors (Lipinski definition) is 1. The molecule has 0 saturated carbocycles. The van der Waals surface area contributed by atoms with Gasteiger partial charge in [0, 0.05) is 14.2 Å². The first-order valence-corrected chi connectivity index (χ1v) is 2.13. The van der Waals surface area contributed by atoms with Crippen LogP contribution in [0.15, 0.2) is 0 Å². The SMILES string of the molecule is COCC(=O)N(C)O. The van der Waals surface area contributed by atoms with Crippen molar-refractivity contribution in [1.29, 1.82) is 0 Å². The topological polar surface area (TPSA) is 49.8 Å². The lowest BCUT2D eigenvalue weighted by Gasteiger charge is -2.05. The van der Waals surface area contributed by atoms with Gasteiger partial charge in [0.25, 0.3) is 5.91 Å². The standard InChI is InChI=1S/C4H9NO3/c1-5(7)4(6)3-8-2/h7H,3H2,1-2H3. The summed E-state index contributed by atoms with van der Waals surface area (Å²) in [5, 5.41) is 8.85. The minimum Gasteiger partial charge on any atom is -0.375 e. The van der Waals surface area contributed by atoms with Gasteiger partial charge in [0.15, 0.2) is 0 Å². The number of ether oxygens (including phenoxy) is 1. The summed E-state index contributed by atoms with van der Waals surface area (Å²) in [6.07, 6.45) is 0. The molecule has 0 bridgehead atoms. The Kier molecular flexibility index (Phi) is 3.14. The highest BCUT2D eigenvalue weighted by molar-refractivity contribution is 5.75. The number of methoxy groups -OCH3 is 1. The zero-order valence-electron chi connectivity index (χ0n) is 4.92. The number of hydrogen-bond acceptors (Lipinski definition) is 3. The monoisotopic (exact) mass is 119 g/mol. The van der Waals surface area contributed by atoms with Crippen LogP contribution in [0.2, 0.25) is 0 Å². The molecule has 0 radical (unpaired) electrons. The predicted molar refractivity (Wildman–Crippen MR) is 26.4 cm³/mol. The largest absolute Gasteiger partial charge is 0.375 e. The molecule has 8 heavy (non-hydrogen) atoms. The number of nitrogens with zero attached hydrogens (tertiary/aromatic N) is 1. The van der Waals surface area contributed by atoms with Gasteiger partial charge in [-0.1, -0.05) is 0 Å². The predicted octanol–water partition coefficient (Wildman–Crippen LogP) is -0.520. The molecule has 0 unspecified atom stereocenters. The van der Waals surface area contributed by atoms with Crippen molar-refractivity contribution in [3.63, 3.8) is 0 Å². The van der Waals surface area contributed by atoms with E-state index in [0.29, 0.717) is 5.06 Å². The zero-order valence-corrected chi connectivity index (χ0v) is 4.92. The van der Waals surface area contributed by atoms with E-state index < -0.39 is 5.91 Å². The Labute approximate surface area is 47.6 Å². The van der Waals surface area contributed by atoms with Crippen LogP contribution in [0.4, 0.5) is 0 Å². The molecule has 1 amide bonds. The summed E-state index contributed by atoms with van der Waals surface area (Å²) in [5.41, 5.74) is 0. The van der Waals surface area contributed by atoms with Crippen molar-refractivity contribution in [1.82, 2.24) is 5.06 Å². The second kappa shape index (κ2) is 3.40. The Morgan fingerprint density at radius 2 is 2.38 bits per heavy atom. The summed E-state index contributed by atoms with van der Waals surface area (Å²) in [6, 6.07) is 0. The van der Waals surface area contributed by atoms with Crippen molar-refractivity contribution < 1.29 is 14.7 Å². The van der Waals surface area contributed by atoms with Gasteiger partial charge in [-0.3, -0.25) is 10.0 Å². The maximum atomic E-state index is 10.3. The van der Waals surface area contributed by atoms with Gasteiger partial charge in [0.05, 0.1) is 0 Å². The Bertz CT molecular complexity index is 81.4. The maximum Gasteiger partial charge on any atom is 0.271 e. The van der Waals surface area contributed by atoms with E-state index in [4.69, 9.17) is 5.21 Å². The zero-order chi connectivity index (χ0) is 6.57. The summed E-state index contributed by atoms with van der Waals surface area (Å²) in [7, 11) is 2.64. The molecule has 0 aromatic rings. The van der Waals surface area contributed by atoms with Crippen LogP contribution in [0.25, 0.3) is 0 Å². The Morgan fingerprint density at radius 3 is 2.50 bits per heavy atom. The van der Waals surface area contributed by atoms with Crippen molar-refractivity contribution >= 4 is 5.91 Å². The molecule has 0 heterocycles. The molecule has 0 rings (SSSR count). The highest BCUT2D eigenvalue weighted by Crippen LogP contribution is 1.76. The first-order chi connectivity index (χ1) is 3.68. The van der Waals surface area contributed by atoms with Crippen molar-refractivity contribution in [3.8, 4) is 0 Å². The minimum absolute atomic E-state index is 0.0764. The highest BCUT2D eigenvalue weighted by Gasteiger charge is 2.01. The van der Waals surface area contributed by atoms with Crippen LogP contribution in [-0.4, -0.2) is 36.9 Å². The Balaban J connectivity index is 3.33. The summed E-state index contributed by atoms with van der Waals surface area (Å²) in [4.78, 5) is 10.3. The molecule has 0 aromatic carbocycles.